The van der Waals surface area contributed by atoms with E-state index in [4.69, 9.17) is 16.3 Å². The number of hydrogen-bond acceptors (Lipinski definition) is 5. The van der Waals surface area contributed by atoms with Gasteiger partial charge in [-0.2, -0.15) is 0 Å². The van der Waals surface area contributed by atoms with Crippen LogP contribution in [0.15, 0.2) is 42.5 Å². The van der Waals surface area contributed by atoms with Crippen molar-refractivity contribution in [3.63, 3.8) is 0 Å². The number of halogens is 1. The first kappa shape index (κ1) is 20.6. The Balaban J connectivity index is 1.78. The van der Waals surface area contributed by atoms with Crippen LogP contribution < -0.4 is 9.64 Å². The average Bonchev–Trinajstić information content (AvgIpc) is 3.06. The van der Waals surface area contributed by atoms with Crippen LogP contribution >= 0.6 is 22.9 Å². The van der Waals surface area contributed by atoms with Gasteiger partial charge in [-0.25, -0.2) is 4.98 Å². The van der Waals surface area contributed by atoms with Gasteiger partial charge in [0, 0.05) is 11.6 Å². The first-order valence-electron chi connectivity index (χ1n) is 9.13. The molecule has 1 aromatic heterocycles. The summed E-state index contributed by atoms with van der Waals surface area (Å²) >= 11 is 7.57. The molecular formula is C21H24ClN3O2S. The van der Waals surface area contributed by atoms with Crippen molar-refractivity contribution in [3.8, 4) is 5.75 Å². The number of fused-ring (bicyclic) bond motifs is 1. The summed E-state index contributed by atoms with van der Waals surface area (Å²) in [6.07, 6.45) is 0.847. The van der Waals surface area contributed by atoms with E-state index in [2.05, 4.69) is 9.88 Å². The fourth-order valence-electron chi connectivity index (χ4n) is 2.81. The summed E-state index contributed by atoms with van der Waals surface area (Å²) in [6.45, 7) is 3.41. The largest absolute Gasteiger partial charge is 0.483 e. The summed E-state index contributed by atoms with van der Waals surface area (Å²) < 4.78 is 6.74. The third kappa shape index (κ3) is 5.22. The molecule has 0 unspecified atom stereocenters. The number of carbonyl (C=O) groups excluding carboxylic acids is 1. The lowest BCUT2D eigenvalue weighted by molar-refractivity contribution is -0.120. The molecule has 3 aromatic rings. The van der Waals surface area contributed by atoms with Crippen molar-refractivity contribution < 1.29 is 9.53 Å². The molecule has 28 heavy (non-hydrogen) atoms. The van der Waals surface area contributed by atoms with Crippen molar-refractivity contribution in [1.82, 2.24) is 9.88 Å². The number of carbonyl (C=O) groups is 1. The number of ether oxygens (including phenoxy) is 1. The summed E-state index contributed by atoms with van der Waals surface area (Å²) in [4.78, 5) is 21.4. The molecule has 0 saturated heterocycles. The van der Waals surface area contributed by atoms with Crippen molar-refractivity contribution in [1.29, 1.82) is 0 Å². The van der Waals surface area contributed by atoms with Gasteiger partial charge in [-0.15, -0.1) is 0 Å². The van der Waals surface area contributed by atoms with Gasteiger partial charge < -0.3 is 9.64 Å². The molecule has 1 amide bonds. The highest BCUT2D eigenvalue weighted by atomic mass is 35.5. The van der Waals surface area contributed by atoms with E-state index in [0.29, 0.717) is 16.7 Å². The molecule has 0 radical (unpaired) electrons. The summed E-state index contributed by atoms with van der Waals surface area (Å²) in [7, 11) is 4.04. The Bertz CT molecular complexity index is 958. The van der Waals surface area contributed by atoms with Crippen LogP contribution in [-0.2, 0) is 4.79 Å². The van der Waals surface area contributed by atoms with Gasteiger partial charge >= 0.3 is 0 Å². The maximum Gasteiger partial charge on any atom is 0.266 e. The maximum absolute atomic E-state index is 13.0. The molecule has 0 fully saturated rings. The summed E-state index contributed by atoms with van der Waals surface area (Å²) in [5, 5.41) is 1.34. The molecule has 2 aromatic carbocycles. The van der Waals surface area contributed by atoms with E-state index in [-0.39, 0.29) is 12.5 Å². The minimum absolute atomic E-state index is 0.0243. The Labute approximate surface area is 174 Å². The van der Waals surface area contributed by atoms with Gasteiger partial charge in [-0.1, -0.05) is 41.1 Å². The third-order valence-corrected chi connectivity index (χ3v) is 5.58. The lowest BCUT2D eigenvalue weighted by atomic mass is 10.2. The Kier molecular flexibility index (Phi) is 6.88. The summed E-state index contributed by atoms with van der Waals surface area (Å²) in [5.74, 6) is 0.618. The minimum Gasteiger partial charge on any atom is -0.483 e. The smallest absolute Gasteiger partial charge is 0.266 e. The SMILES string of the molecule is Cc1ccccc1OCC(=O)N(CCCN(C)C)c1nc2ccc(Cl)cc2s1. The van der Waals surface area contributed by atoms with E-state index >= 15 is 0 Å². The summed E-state index contributed by atoms with van der Waals surface area (Å²) in [6, 6.07) is 13.3. The van der Waals surface area contributed by atoms with Crippen LogP contribution in [0, 0.1) is 6.92 Å². The van der Waals surface area contributed by atoms with E-state index in [1.807, 2.05) is 63.5 Å². The van der Waals surface area contributed by atoms with Crippen LogP contribution in [-0.4, -0.2) is 49.6 Å². The molecule has 148 valence electrons. The number of aromatic nitrogens is 1. The van der Waals surface area contributed by atoms with E-state index in [1.54, 1.807) is 4.90 Å². The standard InChI is InChI=1S/C21H24ClN3O2S/c1-15-7-4-5-8-18(15)27-14-20(26)25(12-6-11-24(2)3)21-23-17-10-9-16(22)13-19(17)28-21/h4-5,7-10,13H,6,11-12,14H2,1-3H3. The van der Waals surface area contributed by atoms with Crippen molar-refractivity contribution in [2.75, 3.05) is 38.7 Å². The molecule has 1 heterocycles. The van der Waals surface area contributed by atoms with Gasteiger partial charge in [0.2, 0.25) is 0 Å². The fourth-order valence-corrected chi connectivity index (χ4v) is 4.09. The molecular weight excluding hydrogens is 394 g/mol. The van der Waals surface area contributed by atoms with Gasteiger partial charge in [0.05, 0.1) is 10.2 Å². The van der Waals surface area contributed by atoms with Crippen LogP contribution in [0.3, 0.4) is 0 Å². The highest BCUT2D eigenvalue weighted by Crippen LogP contribution is 2.31. The second-order valence-electron chi connectivity index (χ2n) is 6.86. The number of thiazole rings is 1. The number of hydrogen-bond donors (Lipinski definition) is 0. The van der Waals surface area contributed by atoms with E-state index in [0.717, 1.165) is 34.5 Å². The third-order valence-electron chi connectivity index (χ3n) is 4.30. The molecule has 0 atom stereocenters. The van der Waals surface area contributed by atoms with Crippen LogP contribution in [0.25, 0.3) is 10.2 Å². The zero-order chi connectivity index (χ0) is 20.1. The Morgan fingerprint density at radius 3 is 2.71 bits per heavy atom. The van der Waals surface area contributed by atoms with E-state index < -0.39 is 0 Å². The molecule has 0 aliphatic rings. The second kappa shape index (κ2) is 9.37. The highest BCUT2D eigenvalue weighted by Gasteiger charge is 2.20. The predicted octanol–water partition coefficient (Wildman–Crippen LogP) is 4.62. The van der Waals surface area contributed by atoms with E-state index in [9.17, 15) is 4.79 Å². The number of anilines is 1. The molecule has 0 bridgehead atoms. The number of benzene rings is 2. The number of amides is 1. The lowest BCUT2D eigenvalue weighted by Gasteiger charge is -2.21. The molecule has 0 N–H and O–H groups in total. The minimum atomic E-state index is -0.104. The molecule has 0 aliphatic heterocycles. The van der Waals surface area contributed by atoms with Gasteiger partial charge in [-0.05, 0) is 63.8 Å². The lowest BCUT2D eigenvalue weighted by Crippen LogP contribution is -2.36. The van der Waals surface area contributed by atoms with E-state index in [1.165, 1.54) is 11.3 Å². The van der Waals surface area contributed by atoms with Crippen molar-refractivity contribution >= 4 is 44.2 Å². The van der Waals surface area contributed by atoms with Crippen molar-refractivity contribution in [3.05, 3.63) is 53.1 Å². The first-order valence-corrected chi connectivity index (χ1v) is 10.3. The Morgan fingerprint density at radius 2 is 1.96 bits per heavy atom. The monoisotopic (exact) mass is 417 g/mol. The molecule has 0 saturated carbocycles. The molecule has 5 nitrogen and oxygen atoms in total. The van der Waals surface area contributed by atoms with Gasteiger partial charge in [0.1, 0.15) is 5.75 Å². The van der Waals surface area contributed by atoms with Gasteiger partial charge in [-0.3, -0.25) is 9.69 Å². The first-order chi connectivity index (χ1) is 13.4. The predicted molar refractivity (Wildman–Crippen MR) is 117 cm³/mol. The summed E-state index contributed by atoms with van der Waals surface area (Å²) in [5.41, 5.74) is 1.85. The van der Waals surface area contributed by atoms with Crippen molar-refractivity contribution in [2.24, 2.45) is 0 Å². The fraction of sp³-hybridized carbons (Fsp3) is 0.333. The molecule has 0 spiro atoms. The van der Waals surface area contributed by atoms with Crippen LogP contribution in [0.5, 0.6) is 5.75 Å². The molecule has 3 rings (SSSR count). The maximum atomic E-state index is 13.0. The van der Waals surface area contributed by atoms with Crippen LogP contribution in [0.1, 0.15) is 12.0 Å². The molecule has 0 aliphatic carbocycles. The average molecular weight is 418 g/mol. The number of nitrogens with zero attached hydrogens (tertiary/aromatic N) is 3. The number of aryl methyl sites for hydroxylation is 1. The Morgan fingerprint density at radius 1 is 1.18 bits per heavy atom. The zero-order valence-corrected chi connectivity index (χ0v) is 17.9. The molecule has 7 heteroatoms. The zero-order valence-electron chi connectivity index (χ0n) is 16.3. The van der Waals surface area contributed by atoms with Crippen molar-refractivity contribution in [2.45, 2.75) is 13.3 Å². The van der Waals surface area contributed by atoms with Gasteiger partial charge in [0.15, 0.2) is 11.7 Å². The second-order valence-corrected chi connectivity index (χ2v) is 8.31. The number of para-hydroxylation sites is 1. The Hall–Kier alpha value is -2.15. The highest BCUT2D eigenvalue weighted by molar-refractivity contribution is 7.22. The quantitative estimate of drug-likeness (QED) is 0.536. The van der Waals surface area contributed by atoms with Crippen LogP contribution in [0.4, 0.5) is 5.13 Å². The van der Waals surface area contributed by atoms with Gasteiger partial charge in [0.25, 0.3) is 5.91 Å². The number of rotatable bonds is 8. The topological polar surface area (TPSA) is 45.7 Å². The normalized spacial score (nSPS) is 11.2. The van der Waals surface area contributed by atoms with Crippen LogP contribution in [0.2, 0.25) is 5.02 Å².